The van der Waals surface area contributed by atoms with Crippen molar-refractivity contribution in [3.8, 4) is 0 Å². The molecule has 134 valence electrons. The second kappa shape index (κ2) is 8.19. The smallest absolute Gasteiger partial charge is 0.242 e. The Morgan fingerprint density at radius 3 is 2.32 bits per heavy atom. The molecule has 0 atom stereocenters. The van der Waals surface area contributed by atoms with E-state index in [1.807, 2.05) is 6.07 Å². The van der Waals surface area contributed by atoms with Crippen LogP contribution in [0.4, 0.5) is 5.69 Å². The Balaban J connectivity index is 1.98. The third-order valence-electron chi connectivity index (χ3n) is 3.57. The maximum absolute atomic E-state index is 12.1. The van der Waals surface area contributed by atoms with Gasteiger partial charge in [-0.05, 0) is 42.3 Å². The van der Waals surface area contributed by atoms with Gasteiger partial charge in [0, 0.05) is 26.2 Å². The number of carbonyl (C=O) groups is 1. The first kappa shape index (κ1) is 19.7. The summed E-state index contributed by atoms with van der Waals surface area (Å²) in [6.07, 6.45) is 0.691. The summed E-state index contributed by atoms with van der Waals surface area (Å²) < 4.78 is 25.1. The van der Waals surface area contributed by atoms with E-state index < -0.39 is 10.0 Å². The Kier molecular flexibility index (Phi) is 6.46. The highest BCUT2D eigenvalue weighted by molar-refractivity contribution is 7.89. The lowest BCUT2D eigenvalue weighted by Gasteiger charge is -2.12. The predicted molar refractivity (Wildman–Crippen MR) is 101 cm³/mol. The zero-order valence-corrected chi connectivity index (χ0v) is 16.1. The summed E-state index contributed by atoms with van der Waals surface area (Å²) in [5.74, 6) is -0.195. The standard InChI is InChI=1S/C17H18Cl2N2O3S/c1-21(2)25(23,24)14-9-7-13(8-10-14)20-16(22)11-6-12-4-3-5-15(18)17(12)19/h3-5,7-10H,6,11H2,1-2H3,(H,20,22). The van der Waals surface area contributed by atoms with E-state index in [9.17, 15) is 13.2 Å². The molecule has 0 radical (unpaired) electrons. The summed E-state index contributed by atoms with van der Waals surface area (Å²) in [6.45, 7) is 0. The van der Waals surface area contributed by atoms with Gasteiger partial charge in [-0.2, -0.15) is 0 Å². The van der Waals surface area contributed by atoms with E-state index in [4.69, 9.17) is 23.2 Å². The monoisotopic (exact) mass is 400 g/mol. The first-order valence-electron chi connectivity index (χ1n) is 7.47. The molecular weight excluding hydrogens is 383 g/mol. The number of rotatable bonds is 6. The number of sulfonamides is 1. The topological polar surface area (TPSA) is 66.5 Å². The van der Waals surface area contributed by atoms with E-state index in [2.05, 4.69) is 5.32 Å². The largest absolute Gasteiger partial charge is 0.326 e. The van der Waals surface area contributed by atoms with Gasteiger partial charge < -0.3 is 5.32 Å². The molecule has 0 fully saturated rings. The van der Waals surface area contributed by atoms with Crippen LogP contribution in [0.15, 0.2) is 47.4 Å². The van der Waals surface area contributed by atoms with Crippen LogP contribution in [0.25, 0.3) is 0 Å². The first-order valence-corrected chi connectivity index (χ1v) is 9.67. The average Bonchev–Trinajstić information content (AvgIpc) is 2.56. The van der Waals surface area contributed by atoms with Gasteiger partial charge in [-0.15, -0.1) is 0 Å². The molecule has 8 heteroatoms. The number of benzene rings is 2. The number of nitrogens with zero attached hydrogens (tertiary/aromatic N) is 1. The van der Waals surface area contributed by atoms with Crippen molar-refractivity contribution in [1.29, 1.82) is 0 Å². The fraction of sp³-hybridized carbons (Fsp3) is 0.235. The van der Waals surface area contributed by atoms with E-state index in [1.165, 1.54) is 26.2 Å². The number of hydrogen-bond donors (Lipinski definition) is 1. The van der Waals surface area contributed by atoms with Crippen molar-refractivity contribution in [3.05, 3.63) is 58.1 Å². The number of hydrogen-bond acceptors (Lipinski definition) is 3. The Labute approximate surface area is 157 Å². The van der Waals surface area contributed by atoms with E-state index >= 15 is 0 Å². The Bertz CT molecular complexity index is 866. The predicted octanol–water partition coefficient (Wildman–Crippen LogP) is 3.82. The molecule has 0 spiro atoms. The van der Waals surface area contributed by atoms with Gasteiger partial charge in [0.15, 0.2) is 0 Å². The van der Waals surface area contributed by atoms with Crippen molar-refractivity contribution >= 4 is 44.8 Å². The second-order valence-electron chi connectivity index (χ2n) is 5.57. The highest BCUT2D eigenvalue weighted by atomic mass is 35.5. The maximum Gasteiger partial charge on any atom is 0.242 e. The van der Waals surface area contributed by atoms with Gasteiger partial charge in [0.2, 0.25) is 15.9 Å². The van der Waals surface area contributed by atoms with Gasteiger partial charge in [-0.25, -0.2) is 12.7 Å². The van der Waals surface area contributed by atoms with Crippen molar-refractivity contribution < 1.29 is 13.2 Å². The number of nitrogens with one attached hydrogen (secondary N) is 1. The molecule has 2 aromatic rings. The summed E-state index contributed by atoms with van der Waals surface area (Å²) in [5.41, 5.74) is 1.33. The van der Waals surface area contributed by atoms with Crippen molar-refractivity contribution in [1.82, 2.24) is 4.31 Å². The molecule has 2 aromatic carbocycles. The molecule has 0 saturated carbocycles. The van der Waals surface area contributed by atoms with Gasteiger partial charge in [0.1, 0.15) is 0 Å². The number of halogens is 2. The van der Waals surface area contributed by atoms with Gasteiger partial charge >= 0.3 is 0 Å². The van der Waals surface area contributed by atoms with Crippen LogP contribution in [0, 0.1) is 0 Å². The number of aryl methyl sites for hydroxylation is 1. The highest BCUT2D eigenvalue weighted by Crippen LogP contribution is 2.26. The van der Waals surface area contributed by atoms with Crippen LogP contribution in [-0.4, -0.2) is 32.7 Å². The molecule has 0 bridgehead atoms. The van der Waals surface area contributed by atoms with Gasteiger partial charge in [-0.1, -0.05) is 35.3 Å². The zero-order valence-electron chi connectivity index (χ0n) is 13.8. The Morgan fingerprint density at radius 2 is 1.72 bits per heavy atom. The van der Waals surface area contributed by atoms with Crippen molar-refractivity contribution in [2.24, 2.45) is 0 Å². The van der Waals surface area contributed by atoms with E-state index in [1.54, 1.807) is 24.3 Å². The summed E-state index contributed by atoms with van der Waals surface area (Å²) in [6, 6.07) is 11.3. The van der Waals surface area contributed by atoms with Crippen molar-refractivity contribution in [2.45, 2.75) is 17.7 Å². The lowest BCUT2D eigenvalue weighted by atomic mass is 10.1. The normalized spacial score (nSPS) is 11.6. The molecule has 25 heavy (non-hydrogen) atoms. The number of amides is 1. The fourth-order valence-corrected chi connectivity index (χ4v) is 3.45. The SMILES string of the molecule is CN(C)S(=O)(=O)c1ccc(NC(=O)CCc2cccc(Cl)c2Cl)cc1. The molecule has 0 heterocycles. The van der Waals surface area contributed by atoms with Crippen LogP contribution < -0.4 is 5.32 Å². The highest BCUT2D eigenvalue weighted by Gasteiger charge is 2.16. The van der Waals surface area contributed by atoms with E-state index in [-0.39, 0.29) is 17.2 Å². The van der Waals surface area contributed by atoms with E-state index in [0.29, 0.717) is 22.2 Å². The number of carbonyl (C=O) groups excluding carboxylic acids is 1. The molecule has 5 nitrogen and oxygen atoms in total. The molecule has 0 aliphatic carbocycles. The van der Waals surface area contributed by atoms with E-state index in [0.717, 1.165) is 9.87 Å². The maximum atomic E-state index is 12.1. The number of anilines is 1. The molecule has 0 aliphatic heterocycles. The lowest BCUT2D eigenvalue weighted by Crippen LogP contribution is -2.22. The zero-order chi connectivity index (χ0) is 18.6. The minimum Gasteiger partial charge on any atom is -0.326 e. The molecule has 1 N–H and O–H groups in total. The van der Waals surface area contributed by atoms with Crippen LogP contribution in [0.3, 0.4) is 0 Å². The molecule has 0 aliphatic rings. The Morgan fingerprint density at radius 1 is 1.08 bits per heavy atom. The van der Waals surface area contributed by atoms with Crippen LogP contribution in [0.5, 0.6) is 0 Å². The summed E-state index contributed by atoms with van der Waals surface area (Å²) in [5, 5.41) is 3.64. The summed E-state index contributed by atoms with van der Waals surface area (Å²) in [7, 11) is -0.555. The second-order valence-corrected chi connectivity index (χ2v) is 8.51. The van der Waals surface area contributed by atoms with Crippen LogP contribution >= 0.6 is 23.2 Å². The molecule has 1 amide bonds. The fourth-order valence-electron chi connectivity index (χ4n) is 2.13. The van der Waals surface area contributed by atoms with Gasteiger partial charge in [-0.3, -0.25) is 4.79 Å². The third kappa shape index (κ3) is 4.95. The molecule has 2 rings (SSSR count). The molecular formula is C17H18Cl2N2O3S. The van der Waals surface area contributed by atoms with Gasteiger partial charge in [0.05, 0.1) is 14.9 Å². The Hall–Kier alpha value is -1.60. The molecule has 0 saturated heterocycles. The summed E-state index contributed by atoms with van der Waals surface area (Å²) in [4.78, 5) is 12.2. The van der Waals surface area contributed by atoms with Crippen LogP contribution in [-0.2, 0) is 21.2 Å². The summed E-state index contributed by atoms with van der Waals surface area (Å²) >= 11 is 12.0. The van der Waals surface area contributed by atoms with Crippen molar-refractivity contribution in [3.63, 3.8) is 0 Å². The quantitative estimate of drug-likeness (QED) is 0.801. The van der Waals surface area contributed by atoms with Crippen LogP contribution in [0.2, 0.25) is 10.0 Å². The van der Waals surface area contributed by atoms with Gasteiger partial charge in [0.25, 0.3) is 0 Å². The average molecular weight is 401 g/mol. The van der Waals surface area contributed by atoms with Crippen molar-refractivity contribution in [2.75, 3.05) is 19.4 Å². The molecule has 0 unspecified atom stereocenters. The lowest BCUT2D eigenvalue weighted by molar-refractivity contribution is -0.116. The minimum atomic E-state index is -3.48. The third-order valence-corrected chi connectivity index (χ3v) is 6.26. The first-order chi connectivity index (χ1) is 11.7. The minimum absolute atomic E-state index is 0.168. The van der Waals surface area contributed by atoms with Crippen LogP contribution in [0.1, 0.15) is 12.0 Å². The molecule has 0 aromatic heterocycles.